The van der Waals surface area contributed by atoms with Crippen molar-refractivity contribution in [2.45, 2.75) is 141 Å². The Bertz CT molecular complexity index is 3380. The van der Waals surface area contributed by atoms with Crippen LogP contribution in [0.5, 0.6) is 0 Å². The summed E-state index contributed by atoms with van der Waals surface area (Å²) in [7, 11) is 0. The molecule has 9 rings (SSSR count). The molecule has 0 N–H and O–H groups in total. The first kappa shape index (κ1) is 62.3. The van der Waals surface area contributed by atoms with Crippen molar-refractivity contribution in [2.75, 3.05) is 0 Å². The summed E-state index contributed by atoms with van der Waals surface area (Å²) < 4.78 is 0. The molecular formula is C77H92. The van der Waals surface area contributed by atoms with Crippen LogP contribution in [-0.4, -0.2) is 0 Å². The lowest BCUT2D eigenvalue weighted by molar-refractivity contribution is 0.588. The van der Waals surface area contributed by atoms with Gasteiger partial charge in [0.05, 0.1) is 0 Å². The lowest BCUT2D eigenvalue weighted by atomic mass is 9.81. The van der Waals surface area contributed by atoms with Crippen LogP contribution in [0.15, 0.2) is 208 Å². The fourth-order valence-electron chi connectivity index (χ4n) is 9.21. The molecule has 400 valence electrons. The van der Waals surface area contributed by atoms with E-state index in [2.05, 4.69) is 286 Å². The predicted octanol–water partition coefficient (Wildman–Crippen LogP) is 23.8. The van der Waals surface area contributed by atoms with E-state index in [4.69, 9.17) is 0 Å². The highest BCUT2D eigenvalue weighted by Gasteiger charge is 2.18. The molecule has 0 saturated carbocycles. The molecule has 9 aromatic carbocycles. The normalized spacial score (nSPS) is 11.2. The van der Waals surface area contributed by atoms with Crippen LogP contribution < -0.4 is 0 Å². The Morgan fingerprint density at radius 3 is 1.65 bits per heavy atom. The second-order valence-electron chi connectivity index (χ2n) is 21.3. The Morgan fingerprint density at radius 2 is 1.05 bits per heavy atom. The molecule has 0 bridgehead atoms. The van der Waals surface area contributed by atoms with Gasteiger partial charge in [0.2, 0.25) is 0 Å². The summed E-state index contributed by atoms with van der Waals surface area (Å²) in [6.07, 6.45) is 9.65. The van der Waals surface area contributed by atoms with Gasteiger partial charge >= 0.3 is 0 Å². The van der Waals surface area contributed by atoms with Gasteiger partial charge in [0.15, 0.2) is 0 Å². The maximum absolute atomic E-state index is 4.03. The number of allylic oxidation sites excluding steroid dienone is 5. The average Bonchev–Trinajstić information content (AvgIpc) is 3.44. The third kappa shape index (κ3) is 17.4. The smallest absolute Gasteiger partial charge is 0.0103 e. The van der Waals surface area contributed by atoms with Gasteiger partial charge in [0.1, 0.15) is 0 Å². The molecule has 0 amide bonds. The van der Waals surface area contributed by atoms with Crippen molar-refractivity contribution >= 4 is 43.5 Å². The summed E-state index contributed by atoms with van der Waals surface area (Å²) in [4.78, 5) is 0. The summed E-state index contributed by atoms with van der Waals surface area (Å²) in [5.74, 6) is 0.632. The second-order valence-corrected chi connectivity index (χ2v) is 21.3. The summed E-state index contributed by atoms with van der Waals surface area (Å²) in [5.41, 5.74) is 20.7. The van der Waals surface area contributed by atoms with Gasteiger partial charge in [-0.1, -0.05) is 288 Å². The number of aryl methyl sites for hydroxylation is 6. The van der Waals surface area contributed by atoms with E-state index in [-0.39, 0.29) is 5.41 Å². The van der Waals surface area contributed by atoms with E-state index in [1.54, 1.807) is 0 Å². The molecule has 1 atom stereocenters. The SMILES string of the molecule is C=C/C(=C\C)c1cccc(C(C)CC)c1.C=CC(=C)c1ccc(C)cc1C(C)(C)C.CC.CCCC.Cc1ccc(-c2ccc(C)c(-c3cc4ccccc4cc3C)c2)cc1.Cc1ccc2c(c1)c(C)cc1ccccc12. The van der Waals surface area contributed by atoms with E-state index in [1.165, 1.54) is 135 Å². The molecule has 0 heterocycles. The Kier molecular flexibility index (Phi) is 24.6. The van der Waals surface area contributed by atoms with Gasteiger partial charge in [-0.15, -0.1) is 0 Å². The van der Waals surface area contributed by atoms with E-state index < -0.39 is 0 Å². The van der Waals surface area contributed by atoms with Crippen LogP contribution in [-0.2, 0) is 5.41 Å². The molecule has 0 aromatic heterocycles. The first-order valence-electron chi connectivity index (χ1n) is 28.3. The number of fused-ring (bicyclic) bond motifs is 4. The van der Waals surface area contributed by atoms with E-state index in [9.17, 15) is 0 Å². The van der Waals surface area contributed by atoms with Crippen molar-refractivity contribution < 1.29 is 0 Å². The third-order valence-corrected chi connectivity index (χ3v) is 14.2. The highest BCUT2D eigenvalue weighted by atomic mass is 14.2. The molecule has 0 radical (unpaired) electrons. The molecular weight excluding hydrogens is 925 g/mol. The Labute approximate surface area is 468 Å². The topological polar surface area (TPSA) is 0 Å². The van der Waals surface area contributed by atoms with Crippen molar-refractivity contribution in [3.8, 4) is 22.3 Å². The summed E-state index contributed by atoms with van der Waals surface area (Å²) in [5, 5.41) is 8.01. The molecule has 0 fully saturated rings. The lowest BCUT2D eigenvalue weighted by Crippen LogP contribution is -2.14. The van der Waals surface area contributed by atoms with Crippen LogP contribution in [0.2, 0.25) is 0 Å². The van der Waals surface area contributed by atoms with Crippen molar-refractivity contribution in [1.29, 1.82) is 0 Å². The van der Waals surface area contributed by atoms with Crippen LogP contribution in [0.3, 0.4) is 0 Å². The van der Waals surface area contributed by atoms with Crippen LogP contribution in [0.1, 0.15) is 150 Å². The second kappa shape index (κ2) is 30.5. The Morgan fingerprint density at radius 1 is 0.494 bits per heavy atom. The van der Waals surface area contributed by atoms with Gasteiger partial charge < -0.3 is 0 Å². The zero-order valence-electron chi connectivity index (χ0n) is 50.2. The Hall–Kier alpha value is -7.28. The lowest BCUT2D eigenvalue weighted by Gasteiger charge is -2.23. The largest absolute Gasteiger partial charge is 0.0985 e. The maximum atomic E-state index is 4.03. The van der Waals surface area contributed by atoms with Gasteiger partial charge in [0.25, 0.3) is 0 Å². The van der Waals surface area contributed by atoms with E-state index in [0.717, 1.165) is 5.57 Å². The minimum Gasteiger partial charge on any atom is -0.0985 e. The van der Waals surface area contributed by atoms with E-state index in [1.807, 2.05) is 32.9 Å². The number of hydrogen-bond acceptors (Lipinski definition) is 0. The predicted molar refractivity (Wildman–Crippen MR) is 350 cm³/mol. The van der Waals surface area contributed by atoms with Gasteiger partial charge in [-0.05, 0) is 183 Å². The van der Waals surface area contributed by atoms with Crippen LogP contribution >= 0.6 is 0 Å². The fraction of sp³-hybridized carbons (Fsp3) is 0.273. The molecule has 0 saturated heterocycles. The first-order chi connectivity index (χ1) is 36.9. The zero-order chi connectivity index (χ0) is 56.8. The summed E-state index contributed by atoms with van der Waals surface area (Å²) in [6.45, 7) is 46.2. The molecule has 0 aliphatic rings. The highest BCUT2D eigenvalue weighted by Crippen LogP contribution is 2.35. The number of hydrogen-bond donors (Lipinski definition) is 0. The number of rotatable bonds is 9. The summed E-state index contributed by atoms with van der Waals surface area (Å²) in [6, 6.07) is 61.6. The fourth-order valence-corrected chi connectivity index (χ4v) is 9.21. The third-order valence-electron chi connectivity index (χ3n) is 14.2. The van der Waals surface area contributed by atoms with Crippen molar-refractivity contribution in [3.05, 3.63) is 263 Å². The van der Waals surface area contributed by atoms with Gasteiger partial charge in [0, 0.05) is 0 Å². The standard InChI is InChI=1S/C25H22.C16H14.2C15H20.C4H10.C2H6/c1-17-8-11-20(12-9-17)23-13-10-18(2)24(16-23)25-15-22-7-5-4-6-21(22)14-19(25)3;1-11-7-8-15-14-6-4-3-5-13(14)10-12(2)16(15)9-11;1-7-12(3)13-9-8-11(2)10-14(13)15(4,5)6;1-5-12(4)14-9-8-10-15(11-14)13(6-2)7-3;1-3-4-2;1-2/h4-16H,1-3H3;3-10H,1-2H3;7-10H,1,3H2,2,4-6H3;6-12H,2,5H2,1,3-4H3;3-4H2,1-2H3;1-2H3/b;;;13-7+;;. The van der Waals surface area contributed by atoms with Crippen molar-refractivity contribution in [3.63, 3.8) is 0 Å². The number of unbranched alkanes of at least 4 members (excludes halogenated alkanes) is 1. The molecule has 0 aliphatic heterocycles. The molecule has 77 heavy (non-hydrogen) atoms. The zero-order valence-corrected chi connectivity index (χ0v) is 50.2. The van der Waals surface area contributed by atoms with Crippen molar-refractivity contribution in [1.82, 2.24) is 0 Å². The first-order valence-corrected chi connectivity index (χ1v) is 28.3. The minimum absolute atomic E-state index is 0.146. The van der Waals surface area contributed by atoms with Crippen LogP contribution in [0, 0.1) is 41.5 Å². The monoisotopic (exact) mass is 1020 g/mol. The van der Waals surface area contributed by atoms with Crippen molar-refractivity contribution in [2.24, 2.45) is 0 Å². The highest BCUT2D eigenvalue weighted by molar-refractivity contribution is 6.09. The molecule has 0 heteroatoms. The maximum Gasteiger partial charge on any atom is -0.0103 e. The molecule has 9 aromatic rings. The van der Waals surface area contributed by atoms with Crippen LogP contribution in [0.25, 0.3) is 65.7 Å². The Balaban J connectivity index is 0.000000219. The average molecular weight is 1020 g/mol. The van der Waals surface area contributed by atoms with Crippen LogP contribution in [0.4, 0.5) is 0 Å². The van der Waals surface area contributed by atoms with E-state index >= 15 is 0 Å². The minimum atomic E-state index is 0.146. The molecule has 0 spiro atoms. The molecule has 1 unspecified atom stereocenters. The molecule has 0 aliphatic carbocycles. The van der Waals surface area contributed by atoms with Gasteiger partial charge in [-0.25, -0.2) is 0 Å². The quantitative estimate of drug-likeness (QED) is 0.0998. The number of benzene rings is 9. The van der Waals surface area contributed by atoms with Gasteiger partial charge in [-0.2, -0.15) is 0 Å². The molecule has 0 nitrogen and oxygen atoms in total. The van der Waals surface area contributed by atoms with E-state index in [0.29, 0.717) is 5.92 Å². The van der Waals surface area contributed by atoms with Gasteiger partial charge in [-0.3, -0.25) is 0 Å². The summed E-state index contributed by atoms with van der Waals surface area (Å²) >= 11 is 0.